The Morgan fingerprint density at radius 2 is 2.16 bits per heavy atom. The number of ether oxygens (including phenoxy) is 1. The van der Waals surface area contributed by atoms with Crippen molar-refractivity contribution < 1.29 is 14.6 Å². The van der Waals surface area contributed by atoms with Crippen molar-refractivity contribution in [3.8, 4) is 0 Å². The second-order valence-electron chi connectivity index (χ2n) is 6.81. The van der Waals surface area contributed by atoms with Gasteiger partial charge in [0.25, 0.3) is 0 Å². The Labute approximate surface area is 115 Å². The predicted molar refractivity (Wildman–Crippen MR) is 73.0 cm³/mol. The normalized spacial score (nSPS) is 27.4. The summed E-state index contributed by atoms with van der Waals surface area (Å²) in [5.41, 5.74) is -1.12. The fourth-order valence-electron chi connectivity index (χ4n) is 2.40. The zero-order chi connectivity index (χ0) is 14.1. The van der Waals surface area contributed by atoms with Crippen molar-refractivity contribution in [3.63, 3.8) is 0 Å². The first-order chi connectivity index (χ1) is 8.79. The second kappa shape index (κ2) is 5.29. The Balaban J connectivity index is 1.87. The summed E-state index contributed by atoms with van der Waals surface area (Å²) in [5.74, 6) is 0. The summed E-state index contributed by atoms with van der Waals surface area (Å²) in [7, 11) is 0. The molecule has 1 aliphatic carbocycles. The largest absolute Gasteiger partial charge is 0.444 e. The minimum absolute atomic E-state index is 0.246. The molecule has 2 N–H and O–H groups in total. The topological polar surface area (TPSA) is 61.8 Å². The summed E-state index contributed by atoms with van der Waals surface area (Å²) in [6.45, 7) is 7.70. The first-order valence-electron chi connectivity index (χ1n) is 7.22. The number of carbonyl (C=O) groups excluding carboxylic acids is 1. The van der Waals surface area contributed by atoms with Crippen molar-refractivity contribution in [1.29, 1.82) is 0 Å². The van der Waals surface area contributed by atoms with Crippen LogP contribution in [0.15, 0.2) is 0 Å². The third-order valence-electron chi connectivity index (χ3n) is 3.65. The molecule has 5 nitrogen and oxygen atoms in total. The molecule has 0 aromatic heterocycles. The van der Waals surface area contributed by atoms with Crippen LogP contribution in [0.5, 0.6) is 0 Å². The molecule has 2 fully saturated rings. The minimum Gasteiger partial charge on any atom is -0.444 e. The van der Waals surface area contributed by atoms with E-state index < -0.39 is 11.2 Å². The lowest BCUT2D eigenvalue weighted by Gasteiger charge is -2.30. The Hall–Kier alpha value is -0.810. The molecule has 1 heterocycles. The fraction of sp³-hybridized carbons (Fsp3) is 0.929. The number of β-amino-alcohol motifs (C(OH)–C–C–N with tert-alkyl or cyclic N) is 1. The Bertz CT molecular complexity index is 328. The van der Waals surface area contributed by atoms with Crippen molar-refractivity contribution in [2.45, 2.75) is 63.7 Å². The molecule has 1 aliphatic heterocycles. The highest BCUT2D eigenvalue weighted by Gasteiger charge is 2.38. The molecule has 1 unspecified atom stereocenters. The van der Waals surface area contributed by atoms with Crippen LogP contribution in [0.3, 0.4) is 0 Å². The lowest BCUT2D eigenvalue weighted by Crippen LogP contribution is -2.42. The first-order valence-corrected chi connectivity index (χ1v) is 7.22. The average molecular weight is 270 g/mol. The summed E-state index contributed by atoms with van der Waals surface area (Å²) < 4.78 is 5.44. The van der Waals surface area contributed by atoms with Gasteiger partial charge in [0.05, 0.1) is 5.60 Å². The number of hydrogen-bond acceptors (Lipinski definition) is 4. The molecule has 2 aliphatic rings. The van der Waals surface area contributed by atoms with E-state index in [4.69, 9.17) is 4.74 Å². The highest BCUT2D eigenvalue weighted by atomic mass is 16.6. The van der Waals surface area contributed by atoms with Gasteiger partial charge in [-0.15, -0.1) is 0 Å². The third kappa shape index (κ3) is 4.35. The van der Waals surface area contributed by atoms with Gasteiger partial charge in [0.15, 0.2) is 0 Å². The highest BCUT2D eigenvalue weighted by Crippen LogP contribution is 2.30. The molecule has 1 saturated carbocycles. The van der Waals surface area contributed by atoms with Crippen LogP contribution in [0.4, 0.5) is 4.79 Å². The van der Waals surface area contributed by atoms with Gasteiger partial charge in [-0.2, -0.15) is 0 Å². The molecule has 5 heteroatoms. The van der Waals surface area contributed by atoms with Crippen molar-refractivity contribution >= 4 is 6.09 Å². The van der Waals surface area contributed by atoms with Gasteiger partial charge in [0, 0.05) is 19.1 Å². The van der Waals surface area contributed by atoms with Gasteiger partial charge in [0.2, 0.25) is 0 Å². The standard InChI is InChI=1S/C14H26N2O3/c1-13(2,3)19-12(17)16(11-4-5-11)9-7-14(18)6-8-15-10-14/h11,15,18H,4-10H2,1-3H3. The van der Waals surface area contributed by atoms with Crippen LogP contribution < -0.4 is 5.32 Å². The number of nitrogens with zero attached hydrogens (tertiary/aromatic N) is 1. The molecule has 0 spiro atoms. The smallest absolute Gasteiger partial charge is 0.410 e. The van der Waals surface area contributed by atoms with E-state index in [9.17, 15) is 9.90 Å². The zero-order valence-corrected chi connectivity index (χ0v) is 12.2. The lowest BCUT2D eigenvalue weighted by atomic mass is 9.99. The summed E-state index contributed by atoms with van der Waals surface area (Å²) in [6.07, 6.45) is 3.24. The van der Waals surface area contributed by atoms with Crippen LogP contribution in [-0.2, 0) is 4.74 Å². The number of carbonyl (C=O) groups is 1. The fourth-order valence-corrected chi connectivity index (χ4v) is 2.40. The quantitative estimate of drug-likeness (QED) is 0.812. The molecule has 1 atom stereocenters. The van der Waals surface area contributed by atoms with E-state index in [-0.39, 0.29) is 6.09 Å². The Kier molecular flexibility index (Phi) is 4.06. The van der Waals surface area contributed by atoms with Gasteiger partial charge < -0.3 is 20.1 Å². The van der Waals surface area contributed by atoms with Crippen molar-refractivity contribution in [3.05, 3.63) is 0 Å². The molecule has 0 bridgehead atoms. The maximum Gasteiger partial charge on any atom is 0.410 e. The van der Waals surface area contributed by atoms with E-state index in [1.807, 2.05) is 20.8 Å². The van der Waals surface area contributed by atoms with E-state index in [0.29, 0.717) is 25.6 Å². The van der Waals surface area contributed by atoms with Crippen LogP contribution in [0, 0.1) is 0 Å². The minimum atomic E-state index is -0.658. The van der Waals surface area contributed by atoms with Gasteiger partial charge >= 0.3 is 6.09 Å². The molecular formula is C14H26N2O3. The van der Waals surface area contributed by atoms with Gasteiger partial charge in [-0.25, -0.2) is 4.79 Å². The van der Waals surface area contributed by atoms with Crippen molar-refractivity contribution in [2.24, 2.45) is 0 Å². The van der Waals surface area contributed by atoms with Gasteiger partial charge in [-0.1, -0.05) is 0 Å². The van der Waals surface area contributed by atoms with Crippen LogP contribution >= 0.6 is 0 Å². The van der Waals surface area contributed by atoms with E-state index >= 15 is 0 Å². The Morgan fingerprint density at radius 3 is 2.63 bits per heavy atom. The predicted octanol–water partition coefficient (Wildman–Crippen LogP) is 1.50. The van der Waals surface area contributed by atoms with Gasteiger partial charge in [-0.05, 0) is 53.0 Å². The number of amides is 1. The Morgan fingerprint density at radius 1 is 1.47 bits per heavy atom. The number of hydrogen-bond donors (Lipinski definition) is 2. The number of nitrogens with one attached hydrogen (secondary N) is 1. The van der Waals surface area contributed by atoms with Gasteiger partial charge in [-0.3, -0.25) is 0 Å². The summed E-state index contributed by atoms with van der Waals surface area (Å²) in [5, 5.41) is 13.5. The maximum absolute atomic E-state index is 12.2. The maximum atomic E-state index is 12.2. The van der Waals surface area contributed by atoms with Gasteiger partial charge in [0.1, 0.15) is 5.60 Å². The van der Waals surface area contributed by atoms with E-state index in [1.165, 1.54) is 0 Å². The molecule has 1 amide bonds. The molecule has 0 radical (unpaired) electrons. The number of aliphatic hydroxyl groups is 1. The molecule has 2 rings (SSSR count). The SMILES string of the molecule is CC(C)(C)OC(=O)N(CCC1(O)CCNC1)C1CC1. The molecule has 19 heavy (non-hydrogen) atoms. The second-order valence-corrected chi connectivity index (χ2v) is 6.81. The zero-order valence-electron chi connectivity index (χ0n) is 12.2. The van der Waals surface area contributed by atoms with Crippen LogP contribution in [0.1, 0.15) is 46.5 Å². The highest BCUT2D eigenvalue weighted by molar-refractivity contribution is 5.69. The van der Waals surface area contributed by atoms with Crippen LogP contribution in [0.2, 0.25) is 0 Å². The lowest BCUT2D eigenvalue weighted by molar-refractivity contribution is 0.01000. The molecule has 0 aromatic rings. The molecule has 0 aromatic carbocycles. The van der Waals surface area contributed by atoms with Crippen LogP contribution in [0.25, 0.3) is 0 Å². The van der Waals surface area contributed by atoms with Crippen molar-refractivity contribution in [2.75, 3.05) is 19.6 Å². The molecular weight excluding hydrogens is 244 g/mol. The van der Waals surface area contributed by atoms with E-state index in [1.54, 1.807) is 4.90 Å². The molecule has 110 valence electrons. The molecule has 1 saturated heterocycles. The first kappa shape index (κ1) is 14.6. The third-order valence-corrected chi connectivity index (χ3v) is 3.65. The summed E-state index contributed by atoms with van der Waals surface area (Å²) in [6, 6.07) is 0.313. The summed E-state index contributed by atoms with van der Waals surface area (Å²) >= 11 is 0. The summed E-state index contributed by atoms with van der Waals surface area (Å²) in [4.78, 5) is 13.9. The van der Waals surface area contributed by atoms with Crippen molar-refractivity contribution in [1.82, 2.24) is 10.2 Å². The van der Waals surface area contributed by atoms with E-state index in [0.717, 1.165) is 25.8 Å². The number of rotatable bonds is 4. The van der Waals surface area contributed by atoms with Crippen LogP contribution in [-0.4, -0.2) is 53.0 Å². The van der Waals surface area contributed by atoms with E-state index in [2.05, 4.69) is 5.32 Å². The average Bonchev–Trinajstić information content (AvgIpc) is 2.99. The monoisotopic (exact) mass is 270 g/mol.